The highest BCUT2D eigenvalue weighted by molar-refractivity contribution is 8.14. The Bertz CT molecular complexity index is 1120. The molecule has 0 aromatic heterocycles. The summed E-state index contributed by atoms with van der Waals surface area (Å²) in [6.07, 6.45) is 3.56. The number of hydrogen-bond acceptors (Lipinski definition) is 7. The van der Waals surface area contributed by atoms with Crippen molar-refractivity contribution in [3.05, 3.63) is 53.6 Å². The molecule has 9 heteroatoms. The molecule has 1 fully saturated rings. The summed E-state index contributed by atoms with van der Waals surface area (Å²) in [6.45, 7) is 5.23. The van der Waals surface area contributed by atoms with E-state index in [4.69, 9.17) is 15.2 Å². The molecule has 2 aliphatic rings. The first-order valence-corrected chi connectivity index (χ1v) is 13.3. The number of primary amides is 1. The Balaban J connectivity index is 1.50. The molecule has 1 saturated heterocycles. The smallest absolute Gasteiger partial charge is 0.302 e. The van der Waals surface area contributed by atoms with E-state index in [1.54, 1.807) is 7.11 Å². The normalized spacial score (nSPS) is 18.3. The molecular formula is C27H34N4O4S. The standard InChI is InChI=1S/C27H34N4O4S/c1-18(2)35-25-14-20(9-12-24(25)34-3)23-17-36-27(33)31(29-23)16-19-7-10-21(11-8-19)30-13-5-4-6-22(30)15-26(28)32/h7-12,14,18,22H,4-6,13,15-17H2,1-3H3,(H2,28,32). The predicted octanol–water partition coefficient (Wildman–Crippen LogP) is 4.79. The Morgan fingerprint density at radius 2 is 1.94 bits per heavy atom. The van der Waals surface area contributed by atoms with Crippen molar-refractivity contribution in [2.45, 2.75) is 58.2 Å². The lowest BCUT2D eigenvalue weighted by Crippen LogP contribution is -2.42. The van der Waals surface area contributed by atoms with Gasteiger partial charge < -0.3 is 20.1 Å². The zero-order valence-electron chi connectivity index (χ0n) is 21.1. The van der Waals surface area contributed by atoms with E-state index in [1.165, 1.54) is 16.8 Å². The number of hydrazone groups is 1. The van der Waals surface area contributed by atoms with Gasteiger partial charge in [0.1, 0.15) is 0 Å². The van der Waals surface area contributed by atoms with Crippen molar-refractivity contribution in [3.63, 3.8) is 0 Å². The summed E-state index contributed by atoms with van der Waals surface area (Å²) in [5.41, 5.74) is 9.25. The highest BCUT2D eigenvalue weighted by Crippen LogP contribution is 2.31. The molecule has 2 aromatic rings. The minimum Gasteiger partial charge on any atom is -0.493 e. The molecule has 2 N–H and O–H groups in total. The van der Waals surface area contributed by atoms with Crippen LogP contribution in [0.5, 0.6) is 11.5 Å². The molecule has 0 aliphatic carbocycles. The molecule has 2 aliphatic heterocycles. The zero-order valence-corrected chi connectivity index (χ0v) is 21.9. The number of piperidine rings is 1. The van der Waals surface area contributed by atoms with E-state index in [2.05, 4.69) is 22.1 Å². The Kier molecular flexibility index (Phi) is 8.40. The van der Waals surface area contributed by atoms with Gasteiger partial charge in [0.05, 0.1) is 25.5 Å². The summed E-state index contributed by atoms with van der Waals surface area (Å²) in [5.74, 6) is 1.55. The van der Waals surface area contributed by atoms with E-state index < -0.39 is 0 Å². The third-order valence-electron chi connectivity index (χ3n) is 6.31. The fourth-order valence-corrected chi connectivity index (χ4v) is 5.35. The van der Waals surface area contributed by atoms with Crippen LogP contribution in [0.2, 0.25) is 0 Å². The van der Waals surface area contributed by atoms with E-state index in [9.17, 15) is 9.59 Å². The third kappa shape index (κ3) is 6.32. The minimum absolute atomic E-state index is 0.00822. The number of rotatable bonds is 9. The van der Waals surface area contributed by atoms with Crippen LogP contribution in [0.15, 0.2) is 47.6 Å². The second-order valence-corrected chi connectivity index (χ2v) is 10.3. The molecule has 1 unspecified atom stereocenters. The summed E-state index contributed by atoms with van der Waals surface area (Å²) >= 11 is 1.24. The van der Waals surface area contributed by atoms with Crippen molar-refractivity contribution in [1.29, 1.82) is 0 Å². The molecule has 2 heterocycles. The van der Waals surface area contributed by atoms with Crippen molar-refractivity contribution in [3.8, 4) is 11.5 Å². The molecule has 1 atom stereocenters. The molecule has 2 aromatic carbocycles. The summed E-state index contributed by atoms with van der Waals surface area (Å²) in [5, 5.41) is 6.12. The van der Waals surface area contributed by atoms with Crippen molar-refractivity contribution >= 4 is 34.3 Å². The maximum atomic E-state index is 12.6. The number of benzene rings is 2. The summed E-state index contributed by atoms with van der Waals surface area (Å²) < 4.78 is 11.3. The van der Waals surface area contributed by atoms with Crippen LogP contribution in [0, 0.1) is 0 Å². The van der Waals surface area contributed by atoms with Gasteiger partial charge in [-0.3, -0.25) is 9.59 Å². The molecule has 0 saturated carbocycles. The van der Waals surface area contributed by atoms with Gasteiger partial charge in [0.25, 0.3) is 0 Å². The molecule has 2 amide bonds. The van der Waals surface area contributed by atoms with Crippen molar-refractivity contribution in [2.24, 2.45) is 10.8 Å². The molecule has 0 bridgehead atoms. The van der Waals surface area contributed by atoms with E-state index in [0.29, 0.717) is 30.2 Å². The second kappa shape index (κ2) is 11.7. The second-order valence-electron chi connectivity index (χ2n) is 9.37. The Hall–Kier alpha value is -3.20. The van der Waals surface area contributed by atoms with E-state index in [0.717, 1.165) is 48.3 Å². The van der Waals surface area contributed by atoms with Gasteiger partial charge in [0.2, 0.25) is 5.91 Å². The Labute approximate surface area is 216 Å². The zero-order chi connectivity index (χ0) is 25.7. The number of carbonyl (C=O) groups excluding carboxylic acids is 2. The van der Waals surface area contributed by atoms with Crippen LogP contribution in [0.3, 0.4) is 0 Å². The van der Waals surface area contributed by atoms with Crippen LogP contribution in [-0.2, 0) is 11.3 Å². The van der Waals surface area contributed by atoms with Crippen LogP contribution < -0.4 is 20.1 Å². The first kappa shape index (κ1) is 25.9. The van der Waals surface area contributed by atoms with Gasteiger partial charge in [-0.2, -0.15) is 5.10 Å². The molecule has 0 spiro atoms. The maximum absolute atomic E-state index is 12.6. The molecule has 4 rings (SSSR count). The molecular weight excluding hydrogens is 476 g/mol. The van der Waals surface area contributed by atoms with E-state index in [1.807, 2.05) is 44.2 Å². The highest BCUT2D eigenvalue weighted by Gasteiger charge is 2.25. The molecule has 36 heavy (non-hydrogen) atoms. The first-order chi connectivity index (χ1) is 17.3. The highest BCUT2D eigenvalue weighted by atomic mass is 32.2. The van der Waals surface area contributed by atoms with Gasteiger partial charge in [-0.05, 0) is 69.0 Å². The number of amides is 2. The number of anilines is 1. The van der Waals surface area contributed by atoms with Crippen molar-refractivity contribution < 1.29 is 19.1 Å². The lowest BCUT2D eigenvalue weighted by atomic mass is 9.98. The van der Waals surface area contributed by atoms with Gasteiger partial charge in [-0.1, -0.05) is 23.9 Å². The Morgan fingerprint density at radius 1 is 1.17 bits per heavy atom. The lowest BCUT2D eigenvalue weighted by Gasteiger charge is -2.37. The number of nitrogens with two attached hydrogens (primary N) is 1. The molecule has 0 radical (unpaired) electrons. The third-order valence-corrected chi connectivity index (χ3v) is 7.18. The average molecular weight is 511 g/mol. The lowest BCUT2D eigenvalue weighted by molar-refractivity contribution is -0.118. The SMILES string of the molecule is COc1ccc(C2=NN(Cc3ccc(N4CCCCC4CC(N)=O)cc3)C(=O)SC2)cc1OC(C)C. The van der Waals surface area contributed by atoms with Gasteiger partial charge in [-0.15, -0.1) is 0 Å². The van der Waals surface area contributed by atoms with E-state index in [-0.39, 0.29) is 23.3 Å². The van der Waals surface area contributed by atoms with Gasteiger partial charge in [0.15, 0.2) is 11.5 Å². The van der Waals surface area contributed by atoms with Gasteiger partial charge in [-0.25, -0.2) is 5.01 Å². The summed E-state index contributed by atoms with van der Waals surface area (Å²) in [4.78, 5) is 26.4. The van der Waals surface area contributed by atoms with Gasteiger partial charge >= 0.3 is 5.24 Å². The van der Waals surface area contributed by atoms with E-state index >= 15 is 0 Å². The largest absolute Gasteiger partial charge is 0.493 e. The van der Waals surface area contributed by atoms with Crippen LogP contribution in [-0.4, -0.2) is 53.4 Å². The summed E-state index contributed by atoms with van der Waals surface area (Å²) in [7, 11) is 1.62. The number of methoxy groups -OCH3 is 1. The molecule has 8 nitrogen and oxygen atoms in total. The monoisotopic (exact) mass is 510 g/mol. The van der Waals surface area contributed by atoms with Crippen molar-refractivity contribution in [2.75, 3.05) is 24.3 Å². The average Bonchev–Trinajstić information content (AvgIpc) is 2.85. The topological polar surface area (TPSA) is 97.5 Å². The molecule has 192 valence electrons. The first-order valence-electron chi connectivity index (χ1n) is 12.3. The van der Waals surface area contributed by atoms with Crippen LogP contribution in [0.25, 0.3) is 0 Å². The number of thioether (sulfide) groups is 1. The number of carbonyl (C=O) groups is 2. The number of ether oxygens (including phenoxy) is 2. The van der Waals surface area contributed by atoms with Crippen molar-refractivity contribution in [1.82, 2.24) is 5.01 Å². The maximum Gasteiger partial charge on any atom is 0.302 e. The fraction of sp³-hybridized carbons (Fsp3) is 0.444. The number of nitrogens with zero attached hydrogens (tertiary/aromatic N) is 3. The Morgan fingerprint density at radius 3 is 2.64 bits per heavy atom. The number of hydrogen-bond donors (Lipinski definition) is 1. The van der Waals surface area contributed by atoms with Crippen LogP contribution in [0.1, 0.15) is 50.7 Å². The minimum atomic E-state index is -0.266. The van der Waals surface area contributed by atoms with Crippen LogP contribution in [0.4, 0.5) is 10.5 Å². The quantitative estimate of drug-likeness (QED) is 0.521. The van der Waals surface area contributed by atoms with Gasteiger partial charge in [0, 0.05) is 36.0 Å². The predicted molar refractivity (Wildman–Crippen MR) is 144 cm³/mol. The van der Waals surface area contributed by atoms with Crippen LogP contribution >= 0.6 is 11.8 Å². The summed E-state index contributed by atoms with van der Waals surface area (Å²) in [6, 6.07) is 14.0. The fourth-order valence-electron chi connectivity index (χ4n) is 4.61.